The van der Waals surface area contributed by atoms with Gasteiger partial charge in [-0.25, -0.2) is 4.98 Å². The Kier molecular flexibility index (Phi) is 7.80. The van der Waals surface area contributed by atoms with Gasteiger partial charge in [0.2, 0.25) is 5.91 Å². The second kappa shape index (κ2) is 11.2. The average molecular weight is 451 g/mol. The second-order valence-corrected chi connectivity index (χ2v) is 8.59. The van der Waals surface area contributed by atoms with Gasteiger partial charge in [-0.05, 0) is 30.7 Å². The first-order chi connectivity index (χ1) is 16.1. The van der Waals surface area contributed by atoms with Crippen LogP contribution in [0.4, 0.5) is 0 Å². The minimum Gasteiger partial charge on any atom is -0.394 e. The molecule has 0 radical (unpaired) electrons. The van der Waals surface area contributed by atoms with Gasteiger partial charge in [0, 0.05) is 25.5 Å². The van der Waals surface area contributed by atoms with E-state index in [9.17, 15) is 14.7 Å². The number of piperidine rings is 1. The van der Waals surface area contributed by atoms with Crippen molar-refractivity contribution in [3.05, 3.63) is 72.3 Å². The molecule has 1 aromatic carbocycles. The number of aliphatic hydroxyl groups is 1. The molecule has 3 atom stereocenters. The van der Waals surface area contributed by atoms with Gasteiger partial charge in [-0.2, -0.15) is 0 Å². The molecule has 2 aliphatic rings. The van der Waals surface area contributed by atoms with E-state index in [1.807, 2.05) is 11.0 Å². The fraction of sp³-hybridized carbons (Fsp3) is 0.440. The number of likely N-dealkylation sites (tertiary alicyclic amines) is 1. The van der Waals surface area contributed by atoms with Crippen molar-refractivity contribution in [1.82, 2.24) is 20.2 Å². The fourth-order valence-corrected chi connectivity index (χ4v) is 4.41. The molecule has 2 N–H and O–H groups in total. The lowest BCUT2D eigenvalue weighted by molar-refractivity contribution is -0.136. The lowest BCUT2D eigenvalue weighted by atomic mass is 9.90. The van der Waals surface area contributed by atoms with E-state index in [1.54, 1.807) is 12.2 Å². The number of amides is 2. The van der Waals surface area contributed by atoms with Crippen molar-refractivity contribution in [1.29, 1.82) is 0 Å². The van der Waals surface area contributed by atoms with Crippen LogP contribution in [0.1, 0.15) is 35.3 Å². The molecule has 2 aromatic rings. The summed E-state index contributed by atoms with van der Waals surface area (Å²) < 4.78 is 5.91. The number of nitrogens with zero attached hydrogens (tertiary/aromatic N) is 3. The monoisotopic (exact) mass is 450 g/mol. The molecule has 0 aliphatic carbocycles. The van der Waals surface area contributed by atoms with Crippen LogP contribution in [0.2, 0.25) is 0 Å². The number of carbonyl (C=O) groups is 2. The van der Waals surface area contributed by atoms with Crippen molar-refractivity contribution in [2.75, 3.05) is 19.7 Å². The Morgan fingerprint density at radius 1 is 1.12 bits per heavy atom. The van der Waals surface area contributed by atoms with Gasteiger partial charge in [-0.15, -0.1) is 0 Å². The molecule has 33 heavy (non-hydrogen) atoms. The number of benzene rings is 1. The fourth-order valence-electron chi connectivity index (χ4n) is 4.41. The maximum absolute atomic E-state index is 12.8. The predicted octanol–water partition coefficient (Wildman–Crippen LogP) is 1.76. The Hall–Kier alpha value is -3.10. The topological polar surface area (TPSA) is 105 Å². The number of aliphatic hydroxyl groups excluding tert-OH is 1. The first-order valence-electron chi connectivity index (χ1n) is 11.5. The van der Waals surface area contributed by atoms with Gasteiger partial charge in [-0.1, -0.05) is 42.5 Å². The summed E-state index contributed by atoms with van der Waals surface area (Å²) in [6, 6.07) is 9.97. The van der Waals surface area contributed by atoms with Crippen LogP contribution < -0.4 is 5.32 Å². The molecule has 0 spiro atoms. The highest BCUT2D eigenvalue weighted by Gasteiger charge is 2.31. The molecule has 0 saturated carbocycles. The third kappa shape index (κ3) is 6.24. The molecule has 4 rings (SSSR count). The van der Waals surface area contributed by atoms with E-state index < -0.39 is 24.2 Å². The number of ether oxygens (including phenoxy) is 1. The molecule has 0 unspecified atom stereocenters. The summed E-state index contributed by atoms with van der Waals surface area (Å²) in [6.45, 7) is 1.24. The smallest absolute Gasteiger partial charge is 0.272 e. The van der Waals surface area contributed by atoms with Crippen LogP contribution in [0.5, 0.6) is 0 Å². The van der Waals surface area contributed by atoms with Crippen LogP contribution in [0.15, 0.2) is 61.1 Å². The lowest BCUT2D eigenvalue weighted by Crippen LogP contribution is -2.49. The van der Waals surface area contributed by atoms with E-state index in [-0.39, 0.29) is 24.6 Å². The van der Waals surface area contributed by atoms with Gasteiger partial charge < -0.3 is 20.1 Å². The minimum absolute atomic E-state index is 0.0570. The van der Waals surface area contributed by atoms with Crippen molar-refractivity contribution in [3.8, 4) is 0 Å². The van der Waals surface area contributed by atoms with Crippen LogP contribution in [0.3, 0.4) is 0 Å². The first kappa shape index (κ1) is 23.1. The number of aromatic nitrogens is 2. The zero-order valence-corrected chi connectivity index (χ0v) is 18.5. The largest absolute Gasteiger partial charge is 0.394 e. The van der Waals surface area contributed by atoms with Gasteiger partial charge in [0.1, 0.15) is 11.8 Å². The molecule has 174 valence electrons. The number of carbonyl (C=O) groups excluding carboxylic acids is 2. The molecule has 1 saturated heterocycles. The quantitative estimate of drug-likeness (QED) is 0.623. The number of nitrogens with one attached hydrogen (secondary N) is 1. The van der Waals surface area contributed by atoms with Crippen LogP contribution in [0.25, 0.3) is 0 Å². The van der Waals surface area contributed by atoms with Crippen LogP contribution in [0, 0.1) is 5.92 Å². The molecule has 8 heteroatoms. The standard InChI is InChI=1S/C25H30N4O4/c30-17-23-21(28-25(32)22-16-26-10-11-27-22)7-6-20(33-23)15-24(31)29-12-8-19(9-13-29)14-18-4-2-1-3-5-18/h1-7,10-11,16,19-21,23,30H,8-9,12-15,17H2,(H,28,32)/t20-,21+,23+/m1/s1. The van der Waals surface area contributed by atoms with E-state index in [1.165, 1.54) is 24.2 Å². The second-order valence-electron chi connectivity index (χ2n) is 8.59. The summed E-state index contributed by atoms with van der Waals surface area (Å²) in [5.41, 5.74) is 1.54. The van der Waals surface area contributed by atoms with Crippen molar-refractivity contribution in [3.63, 3.8) is 0 Å². The summed E-state index contributed by atoms with van der Waals surface area (Å²) in [6.07, 6.45) is 10.1. The summed E-state index contributed by atoms with van der Waals surface area (Å²) >= 11 is 0. The average Bonchev–Trinajstić information content (AvgIpc) is 2.86. The zero-order valence-electron chi connectivity index (χ0n) is 18.5. The van der Waals surface area contributed by atoms with E-state index in [0.717, 1.165) is 32.4 Å². The molecule has 2 amide bonds. The highest BCUT2D eigenvalue weighted by atomic mass is 16.5. The van der Waals surface area contributed by atoms with Crippen molar-refractivity contribution >= 4 is 11.8 Å². The Morgan fingerprint density at radius 2 is 1.91 bits per heavy atom. The van der Waals surface area contributed by atoms with Crippen molar-refractivity contribution < 1.29 is 19.4 Å². The van der Waals surface area contributed by atoms with Crippen LogP contribution >= 0.6 is 0 Å². The highest BCUT2D eigenvalue weighted by molar-refractivity contribution is 5.92. The maximum atomic E-state index is 12.8. The van der Waals surface area contributed by atoms with Crippen LogP contribution in [-0.2, 0) is 16.0 Å². The van der Waals surface area contributed by atoms with Gasteiger partial charge in [0.05, 0.1) is 31.4 Å². The third-order valence-corrected chi connectivity index (χ3v) is 6.27. The molecule has 0 bridgehead atoms. The SMILES string of the molecule is O=C(N[C@H]1C=C[C@H](CC(=O)N2CCC(Cc3ccccc3)CC2)O[C@H]1CO)c1cnccn1. The Labute approximate surface area is 193 Å². The molecule has 1 aromatic heterocycles. The summed E-state index contributed by atoms with van der Waals surface area (Å²) in [7, 11) is 0. The predicted molar refractivity (Wildman–Crippen MR) is 122 cm³/mol. The van der Waals surface area contributed by atoms with Gasteiger partial charge in [0.15, 0.2) is 0 Å². The van der Waals surface area contributed by atoms with E-state index in [0.29, 0.717) is 5.92 Å². The van der Waals surface area contributed by atoms with E-state index in [4.69, 9.17) is 4.74 Å². The molecular weight excluding hydrogens is 420 g/mol. The van der Waals surface area contributed by atoms with Crippen molar-refractivity contribution in [2.45, 2.75) is 43.9 Å². The molecule has 2 aliphatic heterocycles. The Bertz CT molecular complexity index is 945. The first-order valence-corrected chi connectivity index (χ1v) is 11.5. The molecule has 8 nitrogen and oxygen atoms in total. The molecule has 1 fully saturated rings. The maximum Gasteiger partial charge on any atom is 0.272 e. The number of hydrogen-bond acceptors (Lipinski definition) is 6. The minimum atomic E-state index is -0.634. The zero-order chi connectivity index (χ0) is 23.0. The number of hydrogen-bond donors (Lipinski definition) is 2. The third-order valence-electron chi connectivity index (χ3n) is 6.27. The molecular formula is C25H30N4O4. The lowest BCUT2D eigenvalue weighted by Gasteiger charge is -2.35. The van der Waals surface area contributed by atoms with Gasteiger partial charge in [0.25, 0.3) is 5.91 Å². The van der Waals surface area contributed by atoms with Crippen LogP contribution in [-0.4, -0.2) is 69.7 Å². The van der Waals surface area contributed by atoms with E-state index in [2.05, 4.69) is 39.6 Å². The summed E-state index contributed by atoms with van der Waals surface area (Å²) in [5, 5.41) is 12.6. The van der Waals surface area contributed by atoms with Crippen molar-refractivity contribution in [2.24, 2.45) is 5.92 Å². The van der Waals surface area contributed by atoms with E-state index >= 15 is 0 Å². The number of rotatable bonds is 7. The Balaban J connectivity index is 1.26. The molecule has 3 heterocycles. The Morgan fingerprint density at radius 3 is 2.61 bits per heavy atom. The van der Waals surface area contributed by atoms with Gasteiger partial charge in [-0.3, -0.25) is 14.6 Å². The summed E-state index contributed by atoms with van der Waals surface area (Å²) in [5.74, 6) is 0.258. The van der Waals surface area contributed by atoms with Gasteiger partial charge >= 0.3 is 0 Å². The highest BCUT2D eigenvalue weighted by Crippen LogP contribution is 2.23. The summed E-state index contributed by atoms with van der Waals surface area (Å²) in [4.78, 5) is 34.9. The normalized spacial score (nSPS) is 23.3.